The Bertz CT molecular complexity index is 1350. The normalized spacial score (nSPS) is 19.6. The molecule has 0 bridgehead atoms. The first-order chi connectivity index (χ1) is 17.4. The van der Waals surface area contributed by atoms with Crippen LogP contribution >= 0.6 is 0 Å². The molecule has 2 atom stereocenters. The van der Waals surface area contributed by atoms with Crippen LogP contribution < -0.4 is 24.8 Å². The van der Waals surface area contributed by atoms with E-state index in [1.807, 2.05) is 24.3 Å². The lowest BCUT2D eigenvalue weighted by Gasteiger charge is -2.34. The number of benzene rings is 2. The summed E-state index contributed by atoms with van der Waals surface area (Å²) in [6, 6.07) is 10.4. The average molecular weight is 495 g/mol. The number of likely N-dealkylation sites (N-methyl/N-ethyl adjacent to an activating group) is 1. The van der Waals surface area contributed by atoms with Crippen LogP contribution in [0, 0.1) is 0 Å². The number of carbonyl (C=O) groups excluding carboxylic acids is 1. The summed E-state index contributed by atoms with van der Waals surface area (Å²) < 4.78 is 23.2. The van der Waals surface area contributed by atoms with Crippen LogP contribution in [0.5, 0.6) is 11.5 Å². The predicted molar refractivity (Wildman–Crippen MR) is 136 cm³/mol. The van der Waals surface area contributed by atoms with Crippen molar-refractivity contribution in [2.75, 3.05) is 64.5 Å². The fourth-order valence-electron chi connectivity index (χ4n) is 4.97. The van der Waals surface area contributed by atoms with E-state index in [1.165, 1.54) is 9.47 Å². The number of rotatable bonds is 7. The molecule has 1 saturated heterocycles. The largest absolute Gasteiger partial charge is 0.493 e. The molecule has 36 heavy (non-hydrogen) atoms. The first-order valence-electron chi connectivity index (χ1n) is 11.9. The number of hydrogen-bond donors (Lipinski definition) is 0. The van der Waals surface area contributed by atoms with E-state index in [0.717, 1.165) is 17.8 Å². The van der Waals surface area contributed by atoms with E-state index in [9.17, 15) is 9.59 Å². The molecule has 0 radical (unpaired) electrons. The van der Waals surface area contributed by atoms with Gasteiger partial charge in [0.2, 0.25) is 5.95 Å². The van der Waals surface area contributed by atoms with Crippen molar-refractivity contribution in [3.8, 4) is 11.5 Å². The molecule has 5 rings (SSSR count). The minimum Gasteiger partial charge on any atom is -0.493 e. The first kappa shape index (κ1) is 24.1. The molecule has 0 spiro atoms. The van der Waals surface area contributed by atoms with Crippen LogP contribution in [0.1, 0.15) is 11.6 Å². The number of anilines is 2. The highest BCUT2D eigenvalue weighted by Gasteiger charge is 2.38. The Balaban J connectivity index is 1.50. The molecule has 0 N–H and O–H groups in total. The van der Waals surface area contributed by atoms with Gasteiger partial charge in [-0.05, 0) is 35.9 Å². The van der Waals surface area contributed by atoms with Gasteiger partial charge in [-0.3, -0.25) is 19.1 Å². The van der Waals surface area contributed by atoms with Gasteiger partial charge in [-0.2, -0.15) is 0 Å². The quantitative estimate of drug-likeness (QED) is 0.493. The van der Waals surface area contributed by atoms with E-state index in [1.54, 1.807) is 40.5 Å². The predicted octanol–water partition coefficient (Wildman–Crippen LogP) is 2.03. The monoisotopic (exact) mass is 494 g/mol. The molecule has 10 nitrogen and oxygen atoms in total. The molecule has 0 saturated carbocycles. The molecule has 2 aliphatic heterocycles. The van der Waals surface area contributed by atoms with Crippen molar-refractivity contribution in [3.05, 3.63) is 52.3 Å². The average Bonchev–Trinajstić information content (AvgIpc) is 3.13. The van der Waals surface area contributed by atoms with E-state index in [-0.39, 0.29) is 17.6 Å². The molecule has 0 aliphatic carbocycles. The van der Waals surface area contributed by atoms with Crippen molar-refractivity contribution in [3.63, 3.8) is 0 Å². The van der Waals surface area contributed by atoms with E-state index >= 15 is 0 Å². The molecule has 2 aliphatic rings. The summed E-state index contributed by atoms with van der Waals surface area (Å²) in [7, 11) is 6.45. The van der Waals surface area contributed by atoms with Gasteiger partial charge in [-0.25, -0.2) is 4.98 Å². The summed E-state index contributed by atoms with van der Waals surface area (Å²) in [5.74, 6) is 1.34. The number of morpholine rings is 1. The van der Waals surface area contributed by atoms with Crippen molar-refractivity contribution in [2.45, 2.75) is 18.6 Å². The maximum atomic E-state index is 13.6. The number of fused-ring (bicyclic) bond motifs is 2. The van der Waals surface area contributed by atoms with Crippen molar-refractivity contribution < 1.29 is 23.7 Å². The van der Waals surface area contributed by atoms with Crippen molar-refractivity contribution in [1.29, 1.82) is 0 Å². The summed E-state index contributed by atoms with van der Waals surface area (Å²) in [5.41, 5.74) is 2.14. The minimum atomic E-state index is -0.693. The van der Waals surface area contributed by atoms with Crippen LogP contribution in [-0.2, 0) is 20.7 Å². The second kappa shape index (κ2) is 9.79. The van der Waals surface area contributed by atoms with Gasteiger partial charge in [0, 0.05) is 39.4 Å². The number of carbonyl (C=O) groups is 1. The van der Waals surface area contributed by atoms with Gasteiger partial charge < -0.3 is 23.8 Å². The zero-order valence-corrected chi connectivity index (χ0v) is 20.9. The third-order valence-electron chi connectivity index (χ3n) is 6.83. The zero-order chi connectivity index (χ0) is 25.4. The van der Waals surface area contributed by atoms with Crippen LogP contribution in [-0.4, -0.2) is 76.2 Å². The van der Waals surface area contributed by atoms with Crippen molar-refractivity contribution in [1.82, 2.24) is 9.55 Å². The Labute approximate surface area is 208 Å². The van der Waals surface area contributed by atoms with Gasteiger partial charge in [-0.15, -0.1) is 0 Å². The SMILES string of the molecule is COC[C@H]1CN(c2ccc3c(=O)n4c(nc3c2)N(C)C(=O)C4Cc2ccc(OC)c(OC)c2)CCO1. The number of aromatic nitrogens is 2. The second-order valence-corrected chi connectivity index (χ2v) is 8.99. The highest BCUT2D eigenvalue weighted by molar-refractivity contribution is 5.99. The third kappa shape index (κ3) is 4.16. The summed E-state index contributed by atoms with van der Waals surface area (Å²) in [5, 5.41) is 0.476. The van der Waals surface area contributed by atoms with E-state index in [2.05, 4.69) is 4.90 Å². The lowest BCUT2D eigenvalue weighted by atomic mass is 10.0. The van der Waals surface area contributed by atoms with Crippen LogP contribution in [0.4, 0.5) is 11.6 Å². The summed E-state index contributed by atoms with van der Waals surface area (Å²) in [6.07, 6.45) is 0.315. The summed E-state index contributed by atoms with van der Waals surface area (Å²) in [4.78, 5) is 35.2. The fourth-order valence-corrected chi connectivity index (χ4v) is 4.97. The number of hydrogen-bond acceptors (Lipinski definition) is 8. The fraction of sp³-hybridized carbons (Fsp3) is 0.423. The van der Waals surface area contributed by atoms with Gasteiger partial charge in [0.25, 0.3) is 11.5 Å². The molecular weight excluding hydrogens is 464 g/mol. The molecule has 1 amide bonds. The molecule has 3 aromatic rings. The van der Waals surface area contributed by atoms with Gasteiger partial charge in [0.15, 0.2) is 11.5 Å². The Hall–Kier alpha value is -3.63. The summed E-state index contributed by atoms with van der Waals surface area (Å²) >= 11 is 0. The number of nitrogens with zero attached hydrogens (tertiary/aromatic N) is 4. The maximum Gasteiger partial charge on any atom is 0.263 e. The van der Waals surface area contributed by atoms with E-state index in [0.29, 0.717) is 54.5 Å². The molecule has 1 aromatic heterocycles. The molecule has 3 heterocycles. The highest BCUT2D eigenvalue weighted by atomic mass is 16.5. The summed E-state index contributed by atoms with van der Waals surface area (Å²) in [6.45, 7) is 2.55. The van der Waals surface area contributed by atoms with Crippen molar-refractivity contribution in [2.24, 2.45) is 0 Å². The zero-order valence-electron chi connectivity index (χ0n) is 20.9. The number of ether oxygens (including phenoxy) is 4. The van der Waals surface area contributed by atoms with Crippen LogP contribution in [0.3, 0.4) is 0 Å². The van der Waals surface area contributed by atoms with E-state index in [4.69, 9.17) is 23.9 Å². The topological polar surface area (TPSA) is 95.4 Å². The number of amides is 1. The van der Waals surface area contributed by atoms with Crippen molar-refractivity contribution >= 4 is 28.4 Å². The number of methoxy groups -OCH3 is 3. The molecule has 190 valence electrons. The lowest BCUT2D eigenvalue weighted by molar-refractivity contribution is -0.120. The minimum absolute atomic E-state index is 0.0147. The highest BCUT2D eigenvalue weighted by Crippen LogP contribution is 2.33. The second-order valence-electron chi connectivity index (χ2n) is 8.99. The molecule has 2 aromatic carbocycles. The van der Waals surface area contributed by atoms with Crippen LogP contribution in [0.25, 0.3) is 10.9 Å². The Morgan fingerprint density at radius 1 is 1.06 bits per heavy atom. The van der Waals surface area contributed by atoms with Gasteiger partial charge >= 0.3 is 0 Å². The Kier molecular flexibility index (Phi) is 6.55. The third-order valence-corrected chi connectivity index (χ3v) is 6.83. The van der Waals surface area contributed by atoms with Gasteiger partial charge in [0.05, 0.1) is 44.4 Å². The molecular formula is C26H30N4O6. The lowest BCUT2D eigenvalue weighted by Crippen LogP contribution is -2.44. The van der Waals surface area contributed by atoms with Crippen LogP contribution in [0.2, 0.25) is 0 Å². The Morgan fingerprint density at radius 3 is 2.61 bits per heavy atom. The van der Waals surface area contributed by atoms with E-state index < -0.39 is 6.04 Å². The Morgan fingerprint density at radius 2 is 1.86 bits per heavy atom. The smallest absolute Gasteiger partial charge is 0.263 e. The molecule has 1 unspecified atom stereocenters. The van der Waals surface area contributed by atoms with Gasteiger partial charge in [-0.1, -0.05) is 6.07 Å². The van der Waals surface area contributed by atoms with Crippen LogP contribution in [0.15, 0.2) is 41.2 Å². The van der Waals surface area contributed by atoms with Gasteiger partial charge in [0.1, 0.15) is 6.04 Å². The molecule has 1 fully saturated rings. The maximum absolute atomic E-state index is 13.6. The first-order valence-corrected chi connectivity index (χ1v) is 11.9. The standard InChI is InChI=1S/C26H30N4O6/c1-28-25(32)21(11-16-5-8-22(34-3)23(12-16)35-4)30-24(31)19-7-6-17(13-20(19)27-26(28)30)29-9-10-36-18(14-29)15-33-2/h5-8,12-13,18,21H,9-11,14-15H2,1-4H3/t18-,21?/m1/s1. The molecule has 10 heteroatoms.